The van der Waals surface area contributed by atoms with Crippen LogP contribution in [0.3, 0.4) is 0 Å². The predicted octanol–water partition coefficient (Wildman–Crippen LogP) is 4.04. The van der Waals surface area contributed by atoms with E-state index in [2.05, 4.69) is 32.3 Å². The highest BCUT2D eigenvalue weighted by atomic mass is 16.3. The number of rotatable bonds is 10. The van der Waals surface area contributed by atoms with E-state index in [1.165, 1.54) is 0 Å². The summed E-state index contributed by atoms with van der Waals surface area (Å²) in [7, 11) is 0. The van der Waals surface area contributed by atoms with Crippen LogP contribution < -0.4 is 10.5 Å². The molecule has 0 saturated carbocycles. The van der Waals surface area contributed by atoms with Crippen molar-refractivity contribution in [1.29, 1.82) is 10.5 Å². The quantitative estimate of drug-likeness (QED) is 0.273. The summed E-state index contributed by atoms with van der Waals surface area (Å²) in [5, 5.41) is 47.0. The third-order valence-electron chi connectivity index (χ3n) is 6.03. The molecule has 0 aliphatic heterocycles. The van der Waals surface area contributed by atoms with Crippen molar-refractivity contribution >= 4 is 28.0 Å². The molecule has 1 heterocycles. The minimum absolute atomic E-state index is 0.0179. The number of fused-ring (bicyclic) bond motifs is 1. The first-order valence-corrected chi connectivity index (χ1v) is 11.9. The first-order chi connectivity index (χ1) is 18.6. The number of para-hydroxylation sites is 1. The number of nitrogens with zero attached hydrogens (tertiary/aromatic N) is 6. The zero-order valence-corrected chi connectivity index (χ0v) is 20.4. The number of hydrogen-bond donors (Lipinski definition) is 3. The van der Waals surface area contributed by atoms with E-state index in [0.717, 1.165) is 5.69 Å². The molecule has 4 aromatic rings. The summed E-state index contributed by atoms with van der Waals surface area (Å²) in [6, 6.07) is 25.2. The van der Waals surface area contributed by atoms with Gasteiger partial charge in [-0.05, 0) is 54.1 Å². The number of aliphatic hydroxyl groups excluding tert-OH is 2. The second-order valence-corrected chi connectivity index (χ2v) is 8.42. The van der Waals surface area contributed by atoms with Gasteiger partial charge in [0, 0.05) is 18.8 Å². The molecule has 3 N–H and O–H groups in total. The Kier molecular flexibility index (Phi) is 8.52. The molecule has 190 valence electrons. The molecule has 38 heavy (non-hydrogen) atoms. The Morgan fingerprint density at radius 2 is 1.42 bits per heavy atom. The lowest BCUT2D eigenvalue weighted by Crippen LogP contribution is -2.29. The zero-order chi connectivity index (χ0) is 26.9. The molecule has 0 saturated heterocycles. The fraction of sp³-hybridized carbons (Fsp3) is 0.214. The molecule has 0 radical (unpaired) electrons. The van der Waals surface area contributed by atoms with Crippen LogP contribution >= 0.6 is 0 Å². The fourth-order valence-electron chi connectivity index (χ4n) is 4.09. The SMILES string of the molecule is N#CC(c1ccc(N=Nc2ccc(N(CCO)CCO)cc2)cc1)C(C#N)c1nc2ccccc2c(=O)[nH]1. The third-order valence-corrected chi connectivity index (χ3v) is 6.03. The highest BCUT2D eigenvalue weighted by Gasteiger charge is 2.27. The lowest BCUT2D eigenvalue weighted by Gasteiger charge is -2.22. The standard InChI is InChI=1S/C28H25N7O3/c29-17-24(25(18-30)27-31-26-4-2-1-3-23(26)28(38)32-27)19-5-7-20(8-6-19)33-34-21-9-11-22(12-10-21)35(13-15-36)14-16-37/h1-12,24-25,36-37H,13-16H2,(H,31,32,38). The molecular formula is C28H25N7O3. The average Bonchev–Trinajstić information content (AvgIpc) is 2.95. The van der Waals surface area contributed by atoms with Gasteiger partial charge >= 0.3 is 0 Å². The van der Waals surface area contributed by atoms with E-state index >= 15 is 0 Å². The molecule has 0 spiro atoms. The maximum Gasteiger partial charge on any atom is 0.258 e. The molecule has 3 aromatic carbocycles. The summed E-state index contributed by atoms with van der Waals surface area (Å²) in [5.74, 6) is -1.69. The minimum atomic E-state index is -0.973. The van der Waals surface area contributed by atoms with Gasteiger partial charge in [-0.2, -0.15) is 20.8 Å². The van der Waals surface area contributed by atoms with Gasteiger partial charge in [0.05, 0.1) is 53.5 Å². The number of aliphatic hydroxyl groups is 2. The van der Waals surface area contributed by atoms with Gasteiger partial charge in [0.1, 0.15) is 11.7 Å². The van der Waals surface area contributed by atoms with Crippen LogP contribution in [0.4, 0.5) is 17.1 Å². The minimum Gasteiger partial charge on any atom is -0.395 e. The second kappa shape index (κ2) is 12.4. The van der Waals surface area contributed by atoms with E-state index in [-0.39, 0.29) is 24.6 Å². The van der Waals surface area contributed by atoms with Crippen molar-refractivity contribution in [1.82, 2.24) is 9.97 Å². The lowest BCUT2D eigenvalue weighted by atomic mass is 9.87. The van der Waals surface area contributed by atoms with Crippen molar-refractivity contribution in [3.63, 3.8) is 0 Å². The van der Waals surface area contributed by atoms with Crippen molar-refractivity contribution < 1.29 is 10.2 Å². The Labute approximate surface area is 218 Å². The van der Waals surface area contributed by atoms with Gasteiger partial charge in [-0.3, -0.25) is 4.79 Å². The number of benzene rings is 3. The highest BCUT2D eigenvalue weighted by molar-refractivity contribution is 5.77. The van der Waals surface area contributed by atoms with Gasteiger partial charge in [0.25, 0.3) is 5.56 Å². The average molecular weight is 508 g/mol. The zero-order valence-electron chi connectivity index (χ0n) is 20.4. The summed E-state index contributed by atoms with van der Waals surface area (Å²) in [6.07, 6.45) is 0. The van der Waals surface area contributed by atoms with Gasteiger partial charge in [0.15, 0.2) is 0 Å². The van der Waals surface area contributed by atoms with Gasteiger partial charge < -0.3 is 20.1 Å². The van der Waals surface area contributed by atoms with Crippen LogP contribution in [0.5, 0.6) is 0 Å². The number of aromatic amines is 1. The number of H-pyrrole nitrogens is 1. The van der Waals surface area contributed by atoms with Crippen LogP contribution in [-0.4, -0.2) is 46.5 Å². The largest absolute Gasteiger partial charge is 0.395 e. The summed E-state index contributed by atoms with van der Waals surface area (Å²) in [5.41, 5.74) is 2.72. The summed E-state index contributed by atoms with van der Waals surface area (Å²) >= 11 is 0. The number of anilines is 1. The van der Waals surface area contributed by atoms with E-state index in [9.17, 15) is 25.5 Å². The molecule has 10 heteroatoms. The molecule has 2 atom stereocenters. The maximum absolute atomic E-state index is 12.5. The lowest BCUT2D eigenvalue weighted by molar-refractivity contribution is 0.281. The Morgan fingerprint density at radius 3 is 2.00 bits per heavy atom. The van der Waals surface area contributed by atoms with Crippen LogP contribution in [0.2, 0.25) is 0 Å². The Bertz CT molecular complexity index is 1550. The van der Waals surface area contributed by atoms with Crippen molar-refractivity contribution in [3.8, 4) is 12.1 Å². The first-order valence-electron chi connectivity index (χ1n) is 11.9. The van der Waals surface area contributed by atoms with E-state index in [1.807, 2.05) is 17.0 Å². The fourth-order valence-corrected chi connectivity index (χ4v) is 4.09. The summed E-state index contributed by atoms with van der Waals surface area (Å²) in [4.78, 5) is 21.4. The Morgan fingerprint density at radius 1 is 0.842 bits per heavy atom. The van der Waals surface area contributed by atoms with Gasteiger partial charge in [-0.1, -0.05) is 24.3 Å². The summed E-state index contributed by atoms with van der Waals surface area (Å²) < 4.78 is 0. The normalized spacial score (nSPS) is 12.6. The first kappa shape index (κ1) is 26.2. The monoisotopic (exact) mass is 507 g/mol. The van der Waals surface area contributed by atoms with Gasteiger partial charge in [-0.25, -0.2) is 4.98 Å². The number of nitriles is 2. The van der Waals surface area contributed by atoms with E-state index in [1.54, 1.807) is 60.7 Å². The van der Waals surface area contributed by atoms with Crippen LogP contribution in [-0.2, 0) is 0 Å². The van der Waals surface area contributed by atoms with Crippen molar-refractivity contribution in [3.05, 3.63) is 94.5 Å². The topological polar surface area (TPSA) is 162 Å². The Balaban J connectivity index is 1.51. The third kappa shape index (κ3) is 5.90. The van der Waals surface area contributed by atoms with Gasteiger partial charge in [0.2, 0.25) is 0 Å². The summed E-state index contributed by atoms with van der Waals surface area (Å²) in [6.45, 7) is 0.792. The van der Waals surface area contributed by atoms with Crippen LogP contribution in [0.15, 0.2) is 87.8 Å². The van der Waals surface area contributed by atoms with Crippen molar-refractivity contribution in [2.75, 3.05) is 31.2 Å². The molecule has 1 aromatic heterocycles. The van der Waals surface area contributed by atoms with E-state index in [0.29, 0.717) is 40.9 Å². The molecule has 0 fully saturated rings. The molecular weight excluding hydrogens is 482 g/mol. The van der Waals surface area contributed by atoms with E-state index < -0.39 is 11.8 Å². The maximum atomic E-state index is 12.5. The van der Waals surface area contributed by atoms with E-state index in [4.69, 9.17) is 0 Å². The Hall–Kier alpha value is -4.90. The van der Waals surface area contributed by atoms with Crippen LogP contribution in [0.1, 0.15) is 23.2 Å². The molecule has 0 aliphatic carbocycles. The molecule has 0 aliphatic rings. The molecule has 0 bridgehead atoms. The van der Waals surface area contributed by atoms with Crippen molar-refractivity contribution in [2.45, 2.75) is 11.8 Å². The van der Waals surface area contributed by atoms with Gasteiger partial charge in [-0.15, -0.1) is 0 Å². The number of nitrogens with one attached hydrogen (secondary N) is 1. The number of azo groups is 1. The number of aromatic nitrogens is 2. The van der Waals surface area contributed by atoms with Crippen LogP contribution in [0, 0.1) is 22.7 Å². The molecule has 0 amide bonds. The highest BCUT2D eigenvalue weighted by Crippen LogP contribution is 2.32. The predicted molar refractivity (Wildman–Crippen MR) is 143 cm³/mol. The van der Waals surface area contributed by atoms with Crippen LogP contribution in [0.25, 0.3) is 10.9 Å². The molecule has 4 rings (SSSR count). The van der Waals surface area contributed by atoms with Crippen molar-refractivity contribution in [2.24, 2.45) is 10.2 Å². The molecule has 10 nitrogen and oxygen atoms in total. The molecule has 2 unspecified atom stereocenters. The number of hydrogen-bond acceptors (Lipinski definition) is 9. The smallest absolute Gasteiger partial charge is 0.258 e. The second-order valence-electron chi connectivity index (χ2n) is 8.42.